The van der Waals surface area contributed by atoms with Gasteiger partial charge in [0.2, 0.25) is 11.8 Å². The lowest BCUT2D eigenvalue weighted by Crippen LogP contribution is -2.21. The Labute approximate surface area is 113 Å². The summed E-state index contributed by atoms with van der Waals surface area (Å²) in [6.07, 6.45) is 0.428. The largest absolute Gasteiger partial charge is 0.326 e. The minimum atomic E-state index is -0.126. The lowest BCUT2D eigenvalue weighted by molar-refractivity contribution is -0.116. The van der Waals surface area contributed by atoms with Gasteiger partial charge < -0.3 is 16.0 Å². The highest BCUT2D eigenvalue weighted by molar-refractivity contribution is 5.94. The second kappa shape index (κ2) is 7.53. The summed E-state index contributed by atoms with van der Waals surface area (Å²) in [6, 6.07) is 5.46. The van der Waals surface area contributed by atoms with Gasteiger partial charge in [0, 0.05) is 31.3 Å². The van der Waals surface area contributed by atoms with Crippen LogP contribution in [0.15, 0.2) is 18.2 Å². The molecule has 0 aliphatic rings. The van der Waals surface area contributed by atoms with E-state index in [2.05, 4.69) is 16.0 Å². The average Bonchev–Trinajstić information content (AvgIpc) is 2.33. The van der Waals surface area contributed by atoms with Gasteiger partial charge in [0.05, 0.1) is 0 Å². The molecule has 0 bridgehead atoms. The zero-order valence-corrected chi connectivity index (χ0v) is 11.7. The molecule has 0 aliphatic carbocycles. The van der Waals surface area contributed by atoms with Crippen LogP contribution in [0.1, 0.15) is 25.8 Å². The van der Waals surface area contributed by atoms with Gasteiger partial charge in [-0.15, -0.1) is 0 Å². The molecular weight excluding hydrogens is 242 g/mol. The minimum absolute atomic E-state index is 0.0430. The summed E-state index contributed by atoms with van der Waals surface area (Å²) in [7, 11) is 0. The summed E-state index contributed by atoms with van der Waals surface area (Å²) in [5, 5.41) is 8.64. The van der Waals surface area contributed by atoms with Crippen LogP contribution in [0.25, 0.3) is 0 Å². The number of hydrogen-bond acceptors (Lipinski definition) is 3. The van der Waals surface area contributed by atoms with E-state index in [1.807, 2.05) is 26.0 Å². The number of amides is 2. The summed E-state index contributed by atoms with van der Waals surface area (Å²) in [6.45, 7) is 6.87. The average molecular weight is 263 g/mol. The highest BCUT2D eigenvalue weighted by atomic mass is 16.2. The number of anilines is 2. The fraction of sp³-hybridized carbons (Fsp3) is 0.429. The van der Waals surface area contributed by atoms with Gasteiger partial charge in [-0.2, -0.15) is 0 Å². The van der Waals surface area contributed by atoms with Crippen LogP contribution in [0.5, 0.6) is 0 Å². The molecule has 19 heavy (non-hydrogen) atoms. The Bertz CT molecular complexity index is 458. The number of carbonyl (C=O) groups is 2. The first-order valence-corrected chi connectivity index (χ1v) is 6.41. The van der Waals surface area contributed by atoms with Crippen LogP contribution in [0.3, 0.4) is 0 Å². The molecule has 5 heteroatoms. The Hall–Kier alpha value is -1.88. The normalized spacial score (nSPS) is 10.1. The molecule has 0 saturated heterocycles. The van der Waals surface area contributed by atoms with E-state index in [4.69, 9.17) is 0 Å². The monoisotopic (exact) mass is 263 g/mol. The standard InChI is InChI=1S/C14H21N3O2/c1-4-15-8-7-14(19)17-12-6-5-10(2)13(9-12)16-11(3)18/h5-6,9,15H,4,7-8H2,1-3H3,(H,16,18)(H,17,19). The molecular formula is C14H21N3O2. The molecule has 104 valence electrons. The second-order valence-electron chi connectivity index (χ2n) is 4.36. The van der Waals surface area contributed by atoms with Gasteiger partial charge in [-0.05, 0) is 31.2 Å². The summed E-state index contributed by atoms with van der Waals surface area (Å²) >= 11 is 0. The third kappa shape index (κ3) is 5.52. The predicted octanol–water partition coefficient (Wildman–Crippen LogP) is 1.89. The molecule has 2 amide bonds. The van der Waals surface area contributed by atoms with Crippen LogP contribution in [0.2, 0.25) is 0 Å². The Kier molecular flexibility index (Phi) is 6.02. The Morgan fingerprint density at radius 2 is 1.95 bits per heavy atom. The molecule has 5 nitrogen and oxygen atoms in total. The fourth-order valence-electron chi connectivity index (χ4n) is 1.63. The van der Waals surface area contributed by atoms with E-state index >= 15 is 0 Å². The van der Waals surface area contributed by atoms with E-state index in [0.29, 0.717) is 18.7 Å². The van der Waals surface area contributed by atoms with Gasteiger partial charge in [-0.1, -0.05) is 13.0 Å². The van der Waals surface area contributed by atoms with E-state index < -0.39 is 0 Å². The molecule has 0 heterocycles. The Balaban J connectivity index is 2.63. The van der Waals surface area contributed by atoms with Crippen LogP contribution in [-0.2, 0) is 9.59 Å². The number of rotatable bonds is 6. The highest BCUT2D eigenvalue weighted by Gasteiger charge is 2.05. The van der Waals surface area contributed by atoms with Crippen LogP contribution in [0.4, 0.5) is 11.4 Å². The van der Waals surface area contributed by atoms with Crippen LogP contribution >= 0.6 is 0 Å². The fourth-order valence-corrected chi connectivity index (χ4v) is 1.63. The summed E-state index contributed by atoms with van der Waals surface area (Å²) in [5.74, 6) is -0.169. The van der Waals surface area contributed by atoms with Crippen molar-refractivity contribution >= 4 is 23.2 Å². The van der Waals surface area contributed by atoms with E-state index in [-0.39, 0.29) is 11.8 Å². The molecule has 0 aromatic heterocycles. The number of nitrogens with one attached hydrogen (secondary N) is 3. The maximum atomic E-state index is 11.7. The van der Waals surface area contributed by atoms with Crippen molar-refractivity contribution in [3.63, 3.8) is 0 Å². The number of benzene rings is 1. The zero-order valence-electron chi connectivity index (χ0n) is 11.7. The summed E-state index contributed by atoms with van der Waals surface area (Å²) < 4.78 is 0. The number of hydrogen-bond donors (Lipinski definition) is 3. The van der Waals surface area contributed by atoms with Crippen molar-refractivity contribution in [2.75, 3.05) is 23.7 Å². The van der Waals surface area contributed by atoms with Gasteiger partial charge in [0.25, 0.3) is 0 Å². The SMILES string of the molecule is CCNCCC(=O)Nc1ccc(C)c(NC(C)=O)c1. The molecule has 0 spiro atoms. The molecule has 0 saturated carbocycles. The lowest BCUT2D eigenvalue weighted by atomic mass is 10.1. The van der Waals surface area contributed by atoms with Gasteiger partial charge in [-0.3, -0.25) is 9.59 Å². The molecule has 1 aromatic rings. The van der Waals surface area contributed by atoms with Crippen molar-refractivity contribution in [2.45, 2.75) is 27.2 Å². The third-order valence-corrected chi connectivity index (χ3v) is 2.61. The van der Waals surface area contributed by atoms with Gasteiger partial charge in [-0.25, -0.2) is 0 Å². The van der Waals surface area contributed by atoms with Crippen molar-refractivity contribution in [3.05, 3.63) is 23.8 Å². The third-order valence-electron chi connectivity index (χ3n) is 2.61. The van der Waals surface area contributed by atoms with Crippen LogP contribution in [0, 0.1) is 6.92 Å². The van der Waals surface area contributed by atoms with Crippen LogP contribution < -0.4 is 16.0 Å². The molecule has 0 radical (unpaired) electrons. The molecule has 0 aliphatic heterocycles. The zero-order chi connectivity index (χ0) is 14.3. The molecule has 0 fully saturated rings. The first-order chi connectivity index (χ1) is 9.02. The summed E-state index contributed by atoms with van der Waals surface area (Å²) in [5.41, 5.74) is 2.37. The lowest BCUT2D eigenvalue weighted by Gasteiger charge is -2.10. The van der Waals surface area contributed by atoms with E-state index in [1.54, 1.807) is 6.07 Å². The Morgan fingerprint density at radius 1 is 1.21 bits per heavy atom. The summed E-state index contributed by atoms with van der Waals surface area (Å²) in [4.78, 5) is 22.7. The van der Waals surface area contributed by atoms with E-state index in [0.717, 1.165) is 17.8 Å². The molecule has 0 unspecified atom stereocenters. The van der Waals surface area contributed by atoms with Gasteiger partial charge in [0.15, 0.2) is 0 Å². The predicted molar refractivity (Wildman–Crippen MR) is 77.3 cm³/mol. The maximum absolute atomic E-state index is 11.7. The quantitative estimate of drug-likeness (QED) is 0.686. The smallest absolute Gasteiger partial charge is 0.225 e. The van der Waals surface area contributed by atoms with Crippen molar-refractivity contribution in [3.8, 4) is 0 Å². The van der Waals surface area contributed by atoms with Gasteiger partial charge >= 0.3 is 0 Å². The van der Waals surface area contributed by atoms with Crippen molar-refractivity contribution in [1.82, 2.24) is 5.32 Å². The maximum Gasteiger partial charge on any atom is 0.225 e. The topological polar surface area (TPSA) is 70.2 Å². The Morgan fingerprint density at radius 3 is 2.58 bits per heavy atom. The molecule has 3 N–H and O–H groups in total. The first kappa shape index (κ1) is 15.2. The number of carbonyl (C=O) groups excluding carboxylic acids is 2. The van der Waals surface area contributed by atoms with Gasteiger partial charge in [0.1, 0.15) is 0 Å². The minimum Gasteiger partial charge on any atom is -0.326 e. The van der Waals surface area contributed by atoms with E-state index in [1.165, 1.54) is 6.92 Å². The second-order valence-corrected chi connectivity index (χ2v) is 4.36. The molecule has 0 atom stereocenters. The van der Waals surface area contributed by atoms with Crippen molar-refractivity contribution in [1.29, 1.82) is 0 Å². The van der Waals surface area contributed by atoms with Crippen molar-refractivity contribution < 1.29 is 9.59 Å². The first-order valence-electron chi connectivity index (χ1n) is 6.41. The van der Waals surface area contributed by atoms with Crippen LogP contribution in [-0.4, -0.2) is 24.9 Å². The van der Waals surface area contributed by atoms with E-state index in [9.17, 15) is 9.59 Å². The number of aryl methyl sites for hydroxylation is 1. The highest BCUT2D eigenvalue weighted by Crippen LogP contribution is 2.20. The molecule has 1 aromatic carbocycles. The van der Waals surface area contributed by atoms with Crippen molar-refractivity contribution in [2.24, 2.45) is 0 Å². The molecule has 1 rings (SSSR count).